The Bertz CT molecular complexity index is 1450. The Morgan fingerprint density at radius 2 is 1.03 bits per heavy atom. The van der Waals surface area contributed by atoms with E-state index in [1.807, 2.05) is 0 Å². The SMILES string of the molecule is O=c1oc(-c2cc(Cl)c(-c3nc4ccccc4c(=O)o3)cc2Cl)nc2ccccc12. The zero-order chi connectivity index (χ0) is 20.8. The number of nitrogens with zero attached hydrogens (tertiary/aromatic N) is 2. The first-order valence-electron chi connectivity index (χ1n) is 8.81. The largest absolute Gasteiger partial charge is 0.403 e. The molecule has 0 amide bonds. The van der Waals surface area contributed by atoms with Gasteiger partial charge in [0.15, 0.2) is 0 Å². The molecule has 0 aliphatic heterocycles. The second kappa shape index (κ2) is 7.09. The standard InChI is InChI=1S/C22H10Cl2N2O4/c23-15-10-14(20-26-18-8-4-2-6-12(18)22(28)30-20)16(24)9-13(15)19-25-17-7-3-1-5-11(17)21(27)29-19/h1-10H. The lowest BCUT2D eigenvalue weighted by Crippen LogP contribution is -2.04. The van der Waals surface area contributed by atoms with Crippen molar-refractivity contribution >= 4 is 45.0 Å². The van der Waals surface area contributed by atoms with Gasteiger partial charge in [0, 0.05) is 0 Å². The van der Waals surface area contributed by atoms with E-state index in [0.717, 1.165) is 0 Å². The molecule has 5 rings (SSSR count). The molecule has 0 radical (unpaired) electrons. The fraction of sp³-hybridized carbons (Fsp3) is 0. The van der Waals surface area contributed by atoms with Crippen molar-refractivity contribution in [3.63, 3.8) is 0 Å². The average molecular weight is 437 g/mol. The summed E-state index contributed by atoms with van der Waals surface area (Å²) in [6.45, 7) is 0. The molecule has 146 valence electrons. The highest BCUT2D eigenvalue weighted by molar-refractivity contribution is 6.37. The smallest absolute Gasteiger partial charge is 0.347 e. The van der Waals surface area contributed by atoms with Gasteiger partial charge in [-0.3, -0.25) is 0 Å². The lowest BCUT2D eigenvalue weighted by molar-refractivity contribution is 0.516. The van der Waals surface area contributed by atoms with Gasteiger partial charge in [-0.2, -0.15) is 0 Å². The number of fused-ring (bicyclic) bond motifs is 2. The van der Waals surface area contributed by atoms with Crippen LogP contribution in [0.2, 0.25) is 10.0 Å². The van der Waals surface area contributed by atoms with Gasteiger partial charge < -0.3 is 8.83 Å². The number of aromatic nitrogens is 2. The lowest BCUT2D eigenvalue weighted by atomic mass is 10.1. The molecular formula is C22H10Cl2N2O4. The minimum absolute atomic E-state index is 0.0325. The molecule has 0 atom stereocenters. The highest BCUT2D eigenvalue weighted by Gasteiger charge is 2.18. The van der Waals surface area contributed by atoms with E-state index in [0.29, 0.717) is 32.9 Å². The predicted molar refractivity (Wildman–Crippen MR) is 115 cm³/mol. The van der Waals surface area contributed by atoms with Crippen LogP contribution in [-0.2, 0) is 0 Å². The third-order valence-corrected chi connectivity index (χ3v) is 5.21. The Labute approximate surface area is 178 Å². The van der Waals surface area contributed by atoms with Crippen LogP contribution >= 0.6 is 23.2 Å². The summed E-state index contributed by atoms with van der Waals surface area (Å²) in [5.41, 5.74) is 0.542. The summed E-state index contributed by atoms with van der Waals surface area (Å²) < 4.78 is 10.7. The molecule has 5 aromatic rings. The molecule has 0 fully saturated rings. The fourth-order valence-corrected chi connectivity index (χ4v) is 3.63. The van der Waals surface area contributed by atoms with Gasteiger partial charge in [-0.1, -0.05) is 47.5 Å². The zero-order valence-corrected chi connectivity index (χ0v) is 16.6. The van der Waals surface area contributed by atoms with Gasteiger partial charge in [0.05, 0.1) is 43.0 Å². The number of halogens is 2. The van der Waals surface area contributed by atoms with Crippen molar-refractivity contribution in [2.75, 3.05) is 0 Å². The number of benzene rings is 3. The third-order valence-electron chi connectivity index (χ3n) is 4.59. The van der Waals surface area contributed by atoms with Gasteiger partial charge in [-0.25, -0.2) is 19.6 Å². The van der Waals surface area contributed by atoms with E-state index >= 15 is 0 Å². The summed E-state index contributed by atoms with van der Waals surface area (Å²) in [7, 11) is 0. The molecule has 3 aromatic carbocycles. The molecule has 0 saturated carbocycles. The van der Waals surface area contributed by atoms with Gasteiger partial charge in [0.25, 0.3) is 0 Å². The Hall–Kier alpha value is -3.48. The van der Waals surface area contributed by atoms with Crippen LogP contribution in [0, 0.1) is 0 Å². The average Bonchev–Trinajstić information content (AvgIpc) is 2.75. The highest BCUT2D eigenvalue weighted by Crippen LogP contribution is 2.36. The predicted octanol–water partition coefficient (Wildman–Crippen LogP) is 5.33. The quantitative estimate of drug-likeness (QED) is 0.371. The molecule has 2 heterocycles. The van der Waals surface area contributed by atoms with Crippen LogP contribution in [0.3, 0.4) is 0 Å². The Morgan fingerprint density at radius 1 is 0.633 bits per heavy atom. The summed E-state index contributed by atoms with van der Waals surface area (Å²) in [6, 6.07) is 16.6. The third kappa shape index (κ3) is 3.07. The van der Waals surface area contributed by atoms with E-state index in [4.69, 9.17) is 32.0 Å². The molecule has 0 saturated heterocycles. The highest BCUT2D eigenvalue weighted by atomic mass is 35.5. The van der Waals surface area contributed by atoms with E-state index in [1.54, 1.807) is 48.5 Å². The van der Waals surface area contributed by atoms with Crippen molar-refractivity contribution in [3.05, 3.63) is 91.5 Å². The summed E-state index contributed by atoms with van der Waals surface area (Å²) in [5.74, 6) is 0.0650. The summed E-state index contributed by atoms with van der Waals surface area (Å²) in [4.78, 5) is 33.3. The molecule has 30 heavy (non-hydrogen) atoms. The molecule has 0 aliphatic carbocycles. The maximum Gasteiger partial charge on any atom is 0.347 e. The van der Waals surface area contributed by atoms with Crippen molar-refractivity contribution in [1.82, 2.24) is 9.97 Å². The van der Waals surface area contributed by atoms with Crippen molar-refractivity contribution in [3.8, 4) is 22.9 Å². The fourth-order valence-electron chi connectivity index (χ4n) is 3.14. The number of para-hydroxylation sites is 2. The van der Waals surface area contributed by atoms with Crippen molar-refractivity contribution in [1.29, 1.82) is 0 Å². The minimum Gasteiger partial charge on any atom is -0.403 e. The first kappa shape index (κ1) is 18.5. The molecule has 0 N–H and O–H groups in total. The molecule has 8 heteroatoms. The van der Waals surface area contributed by atoms with Crippen LogP contribution in [0.4, 0.5) is 0 Å². The number of rotatable bonds is 2. The van der Waals surface area contributed by atoms with E-state index in [1.165, 1.54) is 12.1 Å². The van der Waals surface area contributed by atoms with E-state index in [9.17, 15) is 9.59 Å². The van der Waals surface area contributed by atoms with Crippen molar-refractivity contribution in [2.45, 2.75) is 0 Å². The van der Waals surface area contributed by atoms with Crippen LogP contribution < -0.4 is 11.3 Å². The Balaban J connectivity index is 1.68. The Kier molecular flexibility index (Phi) is 4.38. The van der Waals surface area contributed by atoms with Crippen molar-refractivity contribution in [2.24, 2.45) is 0 Å². The molecule has 0 unspecified atom stereocenters. The maximum atomic E-state index is 12.3. The minimum atomic E-state index is -0.533. The van der Waals surface area contributed by atoms with Gasteiger partial charge in [0.2, 0.25) is 11.8 Å². The van der Waals surface area contributed by atoms with Gasteiger partial charge >= 0.3 is 11.3 Å². The monoisotopic (exact) mass is 436 g/mol. The molecule has 0 aliphatic rings. The van der Waals surface area contributed by atoms with Crippen LogP contribution in [-0.4, -0.2) is 9.97 Å². The van der Waals surface area contributed by atoms with E-state index in [-0.39, 0.29) is 21.8 Å². The van der Waals surface area contributed by atoms with Crippen LogP contribution in [0.25, 0.3) is 44.7 Å². The van der Waals surface area contributed by atoms with Crippen molar-refractivity contribution < 1.29 is 8.83 Å². The van der Waals surface area contributed by atoms with E-state index < -0.39 is 11.3 Å². The van der Waals surface area contributed by atoms with Crippen LogP contribution in [0.15, 0.2) is 79.1 Å². The molecule has 0 bridgehead atoms. The topological polar surface area (TPSA) is 86.2 Å². The first-order valence-corrected chi connectivity index (χ1v) is 9.56. The normalized spacial score (nSPS) is 11.3. The maximum absolute atomic E-state index is 12.3. The summed E-state index contributed by atoms with van der Waals surface area (Å²) >= 11 is 12.9. The lowest BCUT2D eigenvalue weighted by Gasteiger charge is -2.08. The van der Waals surface area contributed by atoms with Crippen LogP contribution in [0.1, 0.15) is 0 Å². The first-order chi connectivity index (χ1) is 14.5. The van der Waals surface area contributed by atoms with Gasteiger partial charge in [-0.05, 0) is 36.4 Å². The number of hydrogen-bond donors (Lipinski definition) is 0. The summed E-state index contributed by atoms with van der Waals surface area (Å²) in [5, 5.41) is 1.14. The second-order valence-electron chi connectivity index (χ2n) is 6.46. The molecular weight excluding hydrogens is 427 g/mol. The van der Waals surface area contributed by atoms with Gasteiger partial charge in [0.1, 0.15) is 0 Å². The molecule has 6 nitrogen and oxygen atoms in total. The van der Waals surface area contributed by atoms with Gasteiger partial charge in [-0.15, -0.1) is 0 Å². The number of hydrogen-bond acceptors (Lipinski definition) is 6. The molecule has 0 spiro atoms. The Morgan fingerprint density at radius 3 is 1.47 bits per heavy atom. The molecule has 2 aromatic heterocycles. The van der Waals surface area contributed by atoms with E-state index in [2.05, 4.69) is 9.97 Å². The van der Waals surface area contributed by atoms with Crippen LogP contribution in [0.5, 0.6) is 0 Å². The summed E-state index contributed by atoms with van der Waals surface area (Å²) in [6.07, 6.45) is 0. The second-order valence-corrected chi connectivity index (χ2v) is 7.27. The zero-order valence-electron chi connectivity index (χ0n) is 15.1.